The van der Waals surface area contributed by atoms with E-state index in [4.69, 9.17) is 4.98 Å². The Morgan fingerprint density at radius 2 is 2.00 bits per heavy atom. The topological polar surface area (TPSA) is 12.9 Å². The second-order valence-corrected chi connectivity index (χ2v) is 5.63. The molecule has 1 fully saturated rings. The number of rotatable bonds is 3. The van der Waals surface area contributed by atoms with Crippen LogP contribution in [0.3, 0.4) is 0 Å². The molecule has 1 heterocycles. The molecule has 0 unspecified atom stereocenters. The number of nitrogens with zero attached hydrogens (tertiary/aromatic N) is 1. The molecule has 3 heteroatoms. The van der Waals surface area contributed by atoms with Crippen molar-refractivity contribution in [3.63, 3.8) is 0 Å². The van der Waals surface area contributed by atoms with Gasteiger partial charge in [-0.3, -0.25) is 0 Å². The molecule has 0 spiro atoms. The lowest BCUT2D eigenvalue weighted by Crippen LogP contribution is -1.82. The first kappa shape index (κ1) is 10.5. The number of aromatic nitrogens is 1. The van der Waals surface area contributed by atoms with E-state index in [0.29, 0.717) is 0 Å². The van der Waals surface area contributed by atoms with Gasteiger partial charge in [0.15, 0.2) is 0 Å². The normalized spacial score (nSPS) is 15.3. The Morgan fingerprint density at radius 3 is 2.62 bits per heavy atom. The number of alkyl halides is 1. The van der Waals surface area contributed by atoms with Crippen molar-refractivity contribution in [2.45, 2.75) is 24.1 Å². The lowest BCUT2D eigenvalue weighted by atomic mass is 10.1. The molecule has 0 amide bonds. The van der Waals surface area contributed by atoms with E-state index in [1.165, 1.54) is 29.0 Å². The molecule has 1 aliphatic carbocycles. The third-order valence-electron chi connectivity index (χ3n) is 2.85. The first-order valence-corrected chi connectivity index (χ1v) is 7.47. The van der Waals surface area contributed by atoms with Gasteiger partial charge in [-0.2, -0.15) is 0 Å². The standard InChI is InChI=1S/C13H12BrNS/c14-7-9-1-3-10(4-2-9)12-8-16-13(15-12)11-5-6-11/h1-4,8,11H,5-7H2. The molecule has 1 nitrogen and oxygen atoms in total. The van der Waals surface area contributed by atoms with Gasteiger partial charge in [0.25, 0.3) is 0 Å². The molecule has 0 radical (unpaired) electrons. The van der Waals surface area contributed by atoms with Gasteiger partial charge in [-0.05, 0) is 18.4 Å². The summed E-state index contributed by atoms with van der Waals surface area (Å²) in [7, 11) is 0. The van der Waals surface area contributed by atoms with Gasteiger partial charge in [0.2, 0.25) is 0 Å². The lowest BCUT2D eigenvalue weighted by Gasteiger charge is -1.98. The molecule has 1 aromatic carbocycles. The van der Waals surface area contributed by atoms with Crippen LogP contribution in [0.2, 0.25) is 0 Å². The van der Waals surface area contributed by atoms with Crippen LogP contribution in [-0.4, -0.2) is 4.98 Å². The zero-order valence-electron chi connectivity index (χ0n) is 8.82. The number of hydrogen-bond acceptors (Lipinski definition) is 2. The van der Waals surface area contributed by atoms with Crippen LogP contribution in [0.4, 0.5) is 0 Å². The van der Waals surface area contributed by atoms with Gasteiger partial charge in [0.1, 0.15) is 0 Å². The summed E-state index contributed by atoms with van der Waals surface area (Å²) in [6.07, 6.45) is 2.66. The molecule has 16 heavy (non-hydrogen) atoms. The molecule has 0 saturated heterocycles. The van der Waals surface area contributed by atoms with Gasteiger partial charge >= 0.3 is 0 Å². The molecule has 2 aromatic rings. The second-order valence-electron chi connectivity index (χ2n) is 4.18. The van der Waals surface area contributed by atoms with E-state index in [0.717, 1.165) is 16.9 Å². The Kier molecular flexibility index (Phi) is 2.82. The van der Waals surface area contributed by atoms with Crippen molar-refractivity contribution in [1.82, 2.24) is 4.98 Å². The van der Waals surface area contributed by atoms with Gasteiger partial charge in [0, 0.05) is 22.2 Å². The van der Waals surface area contributed by atoms with Crippen LogP contribution in [-0.2, 0) is 5.33 Å². The number of hydrogen-bond donors (Lipinski definition) is 0. The molecule has 1 aromatic heterocycles. The predicted molar refractivity (Wildman–Crippen MR) is 72.2 cm³/mol. The first-order valence-electron chi connectivity index (χ1n) is 5.47. The second kappa shape index (κ2) is 4.30. The van der Waals surface area contributed by atoms with Crippen LogP contribution in [0, 0.1) is 0 Å². The van der Waals surface area contributed by atoms with Crippen LogP contribution in [0.5, 0.6) is 0 Å². The van der Waals surface area contributed by atoms with Crippen molar-refractivity contribution in [3.8, 4) is 11.3 Å². The van der Waals surface area contributed by atoms with E-state index in [1.807, 2.05) is 0 Å². The van der Waals surface area contributed by atoms with Crippen LogP contribution >= 0.6 is 27.3 Å². The maximum Gasteiger partial charge on any atom is 0.0963 e. The van der Waals surface area contributed by atoms with Crippen molar-refractivity contribution in [2.75, 3.05) is 0 Å². The molecular formula is C13H12BrNS. The van der Waals surface area contributed by atoms with Crippen molar-refractivity contribution in [1.29, 1.82) is 0 Å². The summed E-state index contributed by atoms with van der Waals surface area (Å²) in [5.41, 5.74) is 3.67. The van der Waals surface area contributed by atoms with Gasteiger partial charge in [-0.25, -0.2) is 4.98 Å². The van der Waals surface area contributed by atoms with E-state index in [-0.39, 0.29) is 0 Å². The fourth-order valence-electron chi connectivity index (χ4n) is 1.70. The Bertz CT molecular complexity index is 485. The average Bonchev–Trinajstić information content (AvgIpc) is 3.08. The third-order valence-corrected chi connectivity index (χ3v) is 4.51. The maximum atomic E-state index is 4.70. The number of thiazole rings is 1. The molecule has 1 saturated carbocycles. The van der Waals surface area contributed by atoms with Crippen LogP contribution in [0.1, 0.15) is 29.3 Å². The van der Waals surface area contributed by atoms with Crippen molar-refractivity contribution < 1.29 is 0 Å². The Morgan fingerprint density at radius 1 is 1.25 bits per heavy atom. The molecule has 0 atom stereocenters. The SMILES string of the molecule is BrCc1ccc(-c2csc(C3CC3)n2)cc1. The van der Waals surface area contributed by atoms with E-state index in [2.05, 4.69) is 45.6 Å². The quantitative estimate of drug-likeness (QED) is 0.755. The minimum Gasteiger partial charge on any atom is -0.241 e. The minimum atomic E-state index is 0.764. The summed E-state index contributed by atoms with van der Waals surface area (Å²) in [6, 6.07) is 8.62. The minimum absolute atomic E-state index is 0.764. The summed E-state index contributed by atoms with van der Waals surface area (Å²) < 4.78 is 0. The highest BCUT2D eigenvalue weighted by atomic mass is 79.9. The summed E-state index contributed by atoms with van der Waals surface area (Å²) >= 11 is 5.26. The zero-order valence-corrected chi connectivity index (χ0v) is 11.2. The lowest BCUT2D eigenvalue weighted by molar-refractivity contribution is 1.09. The third kappa shape index (κ3) is 2.06. The Hall–Kier alpha value is -0.670. The Labute approximate surface area is 108 Å². The summed E-state index contributed by atoms with van der Waals surface area (Å²) in [6.45, 7) is 0. The van der Waals surface area contributed by atoms with Gasteiger partial charge in [-0.15, -0.1) is 11.3 Å². The van der Waals surface area contributed by atoms with Crippen LogP contribution < -0.4 is 0 Å². The number of halogens is 1. The molecule has 1 aliphatic rings. The van der Waals surface area contributed by atoms with Crippen molar-refractivity contribution in [3.05, 3.63) is 40.2 Å². The molecule has 3 rings (SSSR count). The maximum absolute atomic E-state index is 4.70. The van der Waals surface area contributed by atoms with Crippen molar-refractivity contribution in [2.24, 2.45) is 0 Å². The van der Waals surface area contributed by atoms with E-state index in [9.17, 15) is 0 Å². The van der Waals surface area contributed by atoms with Crippen molar-refractivity contribution >= 4 is 27.3 Å². The molecule has 82 valence electrons. The number of benzene rings is 1. The average molecular weight is 294 g/mol. The highest BCUT2D eigenvalue weighted by Gasteiger charge is 2.26. The predicted octanol–water partition coefficient (Wildman–Crippen LogP) is 4.58. The monoisotopic (exact) mass is 293 g/mol. The fourth-order valence-corrected chi connectivity index (χ4v) is 3.08. The van der Waals surface area contributed by atoms with E-state index < -0.39 is 0 Å². The smallest absolute Gasteiger partial charge is 0.0963 e. The van der Waals surface area contributed by atoms with Gasteiger partial charge in [0.05, 0.1) is 10.7 Å². The van der Waals surface area contributed by atoms with Gasteiger partial charge < -0.3 is 0 Å². The highest BCUT2D eigenvalue weighted by molar-refractivity contribution is 9.08. The van der Waals surface area contributed by atoms with E-state index in [1.54, 1.807) is 11.3 Å². The first-order chi connectivity index (χ1) is 7.86. The molecular weight excluding hydrogens is 282 g/mol. The molecule has 0 aliphatic heterocycles. The zero-order chi connectivity index (χ0) is 11.0. The summed E-state index contributed by atoms with van der Waals surface area (Å²) in [5.74, 6) is 0.764. The molecule has 0 bridgehead atoms. The Balaban J connectivity index is 1.88. The molecule has 0 N–H and O–H groups in total. The fraction of sp³-hybridized carbons (Fsp3) is 0.308. The summed E-state index contributed by atoms with van der Waals surface area (Å²) in [4.78, 5) is 4.70. The van der Waals surface area contributed by atoms with Gasteiger partial charge in [-0.1, -0.05) is 40.2 Å². The summed E-state index contributed by atoms with van der Waals surface area (Å²) in [5, 5.41) is 4.41. The van der Waals surface area contributed by atoms with Crippen LogP contribution in [0.15, 0.2) is 29.6 Å². The highest BCUT2D eigenvalue weighted by Crippen LogP contribution is 2.42. The van der Waals surface area contributed by atoms with E-state index >= 15 is 0 Å². The van der Waals surface area contributed by atoms with Crippen LogP contribution in [0.25, 0.3) is 11.3 Å². The largest absolute Gasteiger partial charge is 0.241 e.